The molecule has 1 aromatic carbocycles. The molecule has 27 heteroatoms. The van der Waals surface area contributed by atoms with E-state index in [1.54, 1.807) is 63.0 Å². The Bertz CT molecular complexity index is 3730. The second kappa shape index (κ2) is 30.5. The summed E-state index contributed by atoms with van der Waals surface area (Å²) in [5, 5.41) is 24.8. The van der Waals surface area contributed by atoms with Crippen molar-refractivity contribution in [2.24, 2.45) is 17.8 Å². The maximum Gasteiger partial charge on any atom is 0.276 e. The van der Waals surface area contributed by atoms with Crippen LogP contribution >= 0.6 is 11.6 Å². The monoisotopic (exact) mass is 1250 g/mol. The number of hydrogen-bond donors (Lipinski definition) is 5. The fraction of sp³-hybridized carbons (Fsp3) is 0.540. The van der Waals surface area contributed by atoms with Crippen molar-refractivity contribution in [1.29, 1.82) is 0 Å². The lowest BCUT2D eigenvalue weighted by atomic mass is 9.97. The van der Waals surface area contributed by atoms with Gasteiger partial charge in [0.25, 0.3) is 16.7 Å². The smallest absolute Gasteiger partial charge is 0.276 e. The van der Waals surface area contributed by atoms with Crippen molar-refractivity contribution in [3.63, 3.8) is 0 Å². The van der Waals surface area contributed by atoms with Crippen molar-refractivity contribution in [3.05, 3.63) is 169 Å². The number of aromatic amines is 3. The standard InChI is InChI=1S/C22H27N5O2.C20H25N7O2.C15H21N5O2.C5H5ClN2.CH4O/c1-15-12-26(13-16-5-3-2-4-6-16)14-18(15)20-24-22(28)19-11-23-21(27(19)25-20)17-7-9-29-10-8-17;1-13-10-26(12-17-21-5-2-6-22-17)11-15(13)18-24-20(28)16-9-23-19(27(16)25-18)14-3-7-29-8-4-14;1-9-6-16-7-11(9)13-18-15(21)12-8-17-14(20(12)19-13)10-2-4-22-5-3-10;6-4-5-7-2-1-3-8-5;1-2/h2-6,11,15,17-18H,7-10,12-14H2,1H3,(H,24,25,28);2,5-6,9,13-15H,3-4,7-8,10-12H2,1H3,(H,24,25,28);8-11,16H,2-7H2,1H3,(H,18,19,21);1-3H,4H2;2H,1H3. The predicted molar refractivity (Wildman–Crippen MR) is 337 cm³/mol. The summed E-state index contributed by atoms with van der Waals surface area (Å²) < 4.78 is 21.7. The number of aromatic nitrogens is 16. The second-order valence-electron chi connectivity index (χ2n) is 24.2. The van der Waals surface area contributed by atoms with Crippen LogP contribution in [0.3, 0.4) is 0 Å². The number of fused-ring (bicyclic) bond motifs is 3. The Morgan fingerprint density at radius 2 is 0.867 bits per heavy atom. The average molecular weight is 1250 g/mol. The van der Waals surface area contributed by atoms with Crippen molar-refractivity contribution in [2.45, 2.75) is 114 Å². The van der Waals surface area contributed by atoms with Crippen molar-refractivity contribution in [3.8, 4) is 0 Å². The van der Waals surface area contributed by atoms with E-state index in [9.17, 15) is 14.4 Å². The molecule has 0 spiro atoms. The van der Waals surface area contributed by atoms with Gasteiger partial charge in [-0.25, -0.2) is 48.4 Å². The van der Waals surface area contributed by atoms with E-state index in [2.05, 4.69) is 110 Å². The molecule has 0 bridgehead atoms. The van der Waals surface area contributed by atoms with Gasteiger partial charge in [-0.3, -0.25) is 24.2 Å². The SMILES string of the molecule is CC1CN(Cc2ccccc2)CC1c1nn2c(C3CCOCC3)ncc2c(=O)[nH]1.CC1CN(Cc2ncccn2)CC1c1nn2c(C3CCOCC3)ncc2c(=O)[nH]1.CC1CNCC1c1nn2c(C3CCOCC3)ncc2c(=O)[nH]1.CO.ClCc1ncccn1. The maximum absolute atomic E-state index is 12.7. The van der Waals surface area contributed by atoms with E-state index in [-0.39, 0.29) is 40.3 Å². The molecule has 9 aromatic rings. The zero-order valence-electron chi connectivity index (χ0n) is 51.6. The van der Waals surface area contributed by atoms with Gasteiger partial charge in [0.2, 0.25) is 0 Å². The molecule has 478 valence electrons. The van der Waals surface area contributed by atoms with Crippen LogP contribution in [0.15, 0.2) is 100 Å². The molecule has 6 saturated heterocycles. The number of halogens is 1. The molecule has 6 aliphatic heterocycles. The Morgan fingerprint density at radius 3 is 1.24 bits per heavy atom. The molecule has 8 aromatic heterocycles. The molecule has 6 fully saturated rings. The highest BCUT2D eigenvalue weighted by Crippen LogP contribution is 2.34. The van der Waals surface area contributed by atoms with E-state index in [4.69, 9.17) is 46.2 Å². The molecule has 5 N–H and O–H groups in total. The first kappa shape index (κ1) is 64.0. The van der Waals surface area contributed by atoms with Crippen LogP contribution in [-0.4, -0.2) is 180 Å². The van der Waals surface area contributed by atoms with Gasteiger partial charge in [-0.1, -0.05) is 51.1 Å². The Hall–Kier alpha value is -7.56. The van der Waals surface area contributed by atoms with Gasteiger partial charge in [-0.05, 0) is 80.5 Å². The third-order valence-corrected chi connectivity index (χ3v) is 18.3. The number of ether oxygens (including phenoxy) is 3. The fourth-order valence-electron chi connectivity index (χ4n) is 13.1. The molecule has 90 heavy (non-hydrogen) atoms. The molecular formula is C63H82ClN19O7. The molecule has 0 radical (unpaired) electrons. The van der Waals surface area contributed by atoms with E-state index in [1.165, 1.54) is 5.56 Å². The fourth-order valence-corrected chi connectivity index (χ4v) is 13.3. The van der Waals surface area contributed by atoms with Gasteiger partial charge in [0.15, 0.2) is 16.6 Å². The Morgan fingerprint density at radius 1 is 0.478 bits per heavy atom. The van der Waals surface area contributed by atoms with Crippen LogP contribution in [0.5, 0.6) is 0 Å². The van der Waals surface area contributed by atoms with Crippen LogP contribution in [0.2, 0.25) is 0 Å². The van der Waals surface area contributed by atoms with E-state index in [0.717, 1.165) is 172 Å². The summed E-state index contributed by atoms with van der Waals surface area (Å²) in [6, 6.07) is 14.1. The van der Waals surface area contributed by atoms with Gasteiger partial charge in [-0.15, -0.1) is 11.6 Å². The zero-order valence-corrected chi connectivity index (χ0v) is 52.4. The molecular weight excluding hydrogens is 1170 g/mol. The van der Waals surface area contributed by atoms with E-state index >= 15 is 0 Å². The van der Waals surface area contributed by atoms with Crippen LogP contribution in [0.1, 0.15) is 147 Å². The largest absolute Gasteiger partial charge is 0.400 e. The van der Waals surface area contributed by atoms with Gasteiger partial charge in [0.1, 0.15) is 46.6 Å². The number of aliphatic hydroxyl groups excluding tert-OH is 1. The summed E-state index contributed by atoms with van der Waals surface area (Å²) in [5.74, 6) is 9.58. The van der Waals surface area contributed by atoms with Gasteiger partial charge in [-0.2, -0.15) is 15.3 Å². The minimum absolute atomic E-state index is 0.102. The van der Waals surface area contributed by atoms with E-state index in [1.807, 2.05) is 12.1 Å². The van der Waals surface area contributed by atoms with Crippen LogP contribution in [-0.2, 0) is 33.2 Å². The summed E-state index contributed by atoms with van der Waals surface area (Å²) in [7, 11) is 1.00. The summed E-state index contributed by atoms with van der Waals surface area (Å²) in [6.45, 7) is 18.1. The Balaban J connectivity index is 0.000000130. The van der Waals surface area contributed by atoms with Gasteiger partial charge in [0.05, 0.1) is 31.0 Å². The van der Waals surface area contributed by atoms with Gasteiger partial charge < -0.3 is 39.6 Å². The Labute approximate surface area is 525 Å². The molecule has 6 aliphatic rings. The van der Waals surface area contributed by atoms with Crippen molar-refractivity contribution >= 4 is 28.2 Å². The summed E-state index contributed by atoms with van der Waals surface area (Å²) in [4.78, 5) is 81.5. The molecule has 0 aliphatic carbocycles. The third kappa shape index (κ3) is 15.1. The molecule has 14 heterocycles. The molecule has 15 rings (SSSR count). The van der Waals surface area contributed by atoms with Gasteiger partial charge >= 0.3 is 0 Å². The zero-order chi connectivity index (χ0) is 62.5. The van der Waals surface area contributed by atoms with Crippen molar-refractivity contribution in [1.82, 2.24) is 93.8 Å². The number of aliphatic hydroxyl groups is 1. The van der Waals surface area contributed by atoms with Gasteiger partial charge in [0, 0.05) is 146 Å². The highest BCUT2D eigenvalue weighted by Gasteiger charge is 2.36. The first-order valence-electron chi connectivity index (χ1n) is 31.4. The van der Waals surface area contributed by atoms with E-state index in [0.29, 0.717) is 64.4 Å². The van der Waals surface area contributed by atoms with E-state index < -0.39 is 0 Å². The van der Waals surface area contributed by atoms with Crippen LogP contribution in [0.4, 0.5) is 0 Å². The van der Waals surface area contributed by atoms with Crippen molar-refractivity contribution in [2.75, 3.05) is 86.0 Å². The molecule has 26 nitrogen and oxygen atoms in total. The lowest BCUT2D eigenvalue weighted by molar-refractivity contribution is 0.0831. The predicted octanol–water partition coefficient (Wildman–Crippen LogP) is 5.34. The molecule has 0 saturated carbocycles. The number of benzene rings is 1. The molecule has 6 atom stereocenters. The number of likely N-dealkylation sites (tertiary alicyclic amines) is 2. The highest BCUT2D eigenvalue weighted by atomic mass is 35.5. The Kier molecular flexibility index (Phi) is 21.7. The number of rotatable bonds is 11. The second-order valence-corrected chi connectivity index (χ2v) is 24.4. The first-order chi connectivity index (χ1) is 44.0. The number of nitrogens with zero attached hydrogens (tertiary/aromatic N) is 15. The quantitative estimate of drug-likeness (QED) is 0.102. The maximum atomic E-state index is 12.7. The number of imidazole rings is 3. The molecule has 6 unspecified atom stereocenters. The number of nitrogens with one attached hydrogen (secondary N) is 4. The minimum atomic E-state index is -0.127. The lowest BCUT2D eigenvalue weighted by Gasteiger charge is -2.21. The van der Waals surface area contributed by atoms with Crippen LogP contribution < -0.4 is 22.0 Å². The van der Waals surface area contributed by atoms with Crippen LogP contribution in [0, 0.1) is 17.8 Å². The normalized spacial score (nSPS) is 22.7. The summed E-state index contributed by atoms with van der Waals surface area (Å²) >= 11 is 5.40. The lowest BCUT2D eigenvalue weighted by Crippen LogP contribution is -2.24. The van der Waals surface area contributed by atoms with Crippen molar-refractivity contribution < 1.29 is 19.3 Å². The topological polar surface area (TPSA) is 307 Å². The highest BCUT2D eigenvalue weighted by molar-refractivity contribution is 6.16. The summed E-state index contributed by atoms with van der Waals surface area (Å²) in [6.07, 6.45) is 17.3. The number of alkyl halides is 1. The third-order valence-electron chi connectivity index (χ3n) is 18.0. The average Bonchev–Trinajstić information content (AvgIpc) is 1.77. The van der Waals surface area contributed by atoms with Crippen LogP contribution in [0.25, 0.3) is 16.6 Å². The first-order valence-corrected chi connectivity index (χ1v) is 32.0. The molecule has 0 amide bonds. The number of H-pyrrole nitrogens is 3. The minimum Gasteiger partial charge on any atom is -0.400 e. The number of hydrogen-bond acceptors (Lipinski definition) is 20. The summed E-state index contributed by atoms with van der Waals surface area (Å²) in [5.41, 5.74) is 2.55.